The molecule has 3 aromatic carbocycles. The van der Waals surface area contributed by atoms with Crippen LogP contribution >= 0.6 is 0 Å². The molecule has 2 aromatic heterocycles. The topological polar surface area (TPSA) is 194 Å². The van der Waals surface area contributed by atoms with Gasteiger partial charge in [-0.15, -0.1) is 0 Å². The first-order valence-corrected chi connectivity index (χ1v) is 20.7. The minimum absolute atomic E-state index is 0.108. The summed E-state index contributed by atoms with van der Waals surface area (Å²) in [5.74, 6) is 1.83. The molecule has 1 unspecified atom stereocenters. The van der Waals surface area contributed by atoms with Gasteiger partial charge in [-0.05, 0) is 85.9 Å². The fourth-order valence-corrected chi connectivity index (χ4v) is 8.90. The Kier molecular flexibility index (Phi) is 12.3. The van der Waals surface area contributed by atoms with Crippen molar-refractivity contribution in [2.75, 3.05) is 48.6 Å². The summed E-state index contributed by atoms with van der Waals surface area (Å²) in [6, 6.07) is 12.5. The van der Waals surface area contributed by atoms with E-state index in [4.69, 9.17) is 38.4 Å². The van der Waals surface area contributed by atoms with Crippen LogP contribution in [0.25, 0.3) is 44.2 Å². The summed E-state index contributed by atoms with van der Waals surface area (Å²) < 4.78 is 32.9. The summed E-state index contributed by atoms with van der Waals surface area (Å²) in [7, 11) is 7.37. The SMILES string of the molecule is COC(=O)N[C@H](C(=O)N1CCC[C@H]1c1ncc(-c2ccc3c(c2)COc2cc4c(ccc5nc([C@@H]6CCCN6C(=O)C(NC(OC)OC)[C@@H](C)OC)[nH]c54)cc2-3)[nH]1)[C@@H](C)OC. The van der Waals surface area contributed by atoms with Gasteiger partial charge in [0.25, 0.3) is 0 Å². The lowest BCUT2D eigenvalue weighted by atomic mass is 9.92. The quantitative estimate of drug-likeness (QED) is 0.105. The minimum Gasteiger partial charge on any atom is -0.488 e. The zero-order valence-corrected chi connectivity index (χ0v) is 35.6. The van der Waals surface area contributed by atoms with Gasteiger partial charge in [0.1, 0.15) is 36.1 Å². The average Bonchev–Trinajstić information content (AvgIpc) is 4.13. The number of likely N-dealkylation sites (tertiary alicyclic amines) is 2. The van der Waals surface area contributed by atoms with Crippen molar-refractivity contribution < 1.29 is 42.8 Å². The molecule has 0 spiro atoms. The molecule has 0 radical (unpaired) electrons. The van der Waals surface area contributed by atoms with Gasteiger partial charge in [-0.25, -0.2) is 14.8 Å². The number of carbonyl (C=O) groups excluding carboxylic acids is 3. The molecule has 2 fully saturated rings. The number of H-pyrrole nitrogens is 2. The van der Waals surface area contributed by atoms with E-state index in [-0.39, 0.29) is 23.9 Å². The number of rotatable bonds is 14. The Bertz CT molecular complexity index is 2410. The number of amides is 3. The number of imidazole rings is 2. The first-order valence-electron chi connectivity index (χ1n) is 20.7. The van der Waals surface area contributed by atoms with Crippen LogP contribution in [0.2, 0.25) is 0 Å². The van der Waals surface area contributed by atoms with Crippen LogP contribution in [-0.2, 0) is 39.9 Å². The van der Waals surface area contributed by atoms with Crippen LogP contribution < -0.4 is 15.4 Å². The first kappa shape index (κ1) is 42.1. The van der Waals surface area contributed by atoms with Crippen molar-refractivity contribution in [2.45, 2.75) is 88.9 Å². The second-order valence-corrected chi connectivity index (χ2v) is 15.8. The molecule has 2 saturated heterocycles. The Hall–Kier alpha value is -5.59. The molecule has 3 aliphatic heterocycles. The van der Waals surface area contributed by atoms with E-state index in [0.717, 1.165) is 87.0 Å². The zero-order valence-electron chi connectivity index (χ0n) is 35.6. The van der Waals surface area contributed by atoms with Crippen molar-refractivity contribution in [3.05, 3.63) is 65.9 Å². The molecular formula is C44H54N8O9. The number of aromatic amines is 2. The second-order valence-electron chi connectivity index (χ2n) is 15.8. The fraction of sp³-hybridized carbons (Fsp3) is 0.477. The summed E-state index contributed by atoms with van der Waals surface area (Å²) in [5, 5.41) is 7.79. The molecule has 0 bridgehead atoms. The Morgan fingerprint density at radius 1 is 0.803 bits per heavy atom. The maximum absolute atomic E-state index is 14.0. The van der Waals surface area contributed by atoms with Gasteiger partial charge >= 0.3 is 6.09 Å². The van der Waals surface area contributed by atoms with E-state index in [0.29, 0.717) is 25.5 Å². The first-order chi connectivity index (χ1) is 29.6. The predicted molar refractivity (Wildman–Crippen MR) is 225 cm³/mol. The summed E-state index contributed by atoms with van der Waals surface area (Å²) >= 11 is 0. The van der Waals surface area contributed by atoms with Gasteiger partial charge < -0.3 is 53.5 Å². The minimum atomic E-state index is -0.908. The molecule has 0 aliphatic carbocycles. The average molecular weight is 839 g/mol. The highest BCUT2D eigenvalue weighted by molar-refractivity contribution is 6.07. The molecule has 5 aromatic rings. The molecule has 5 heterocycles. The van der Waals surface area contributed by atoms with Crippen LogP contribution in [0.15, 0.2) is 48.7 Å². The Morgan fingerprint density at radius 3 is 2.18 bits per heavy atom. The van der Waals surface area contributed by atoms with Crippen LogP contribution in [0.1, 0.15) is 68.8 Å². The summed E-state index contributed by atoms with van der Waals surface area (Å²) in [4.78, 5) is 60.3. The van der Waals surface area contributed by atoms with Gasteiger partial charge in [-0.2, -0.15) is 0 Å². The van der Waals surface area contributed by atoms with E-state index in [2.05, 4.69) is 57.0 Å². The van der Waals surface area contributed by atoms with E-state index in [1.807, 2.05) is 17.9 Å². The standard InChI is InChI=1S/C44H54N8O9/c1-23(56-3)36(49-43(55)58-5)41(53)51-16-8-10-33(51)39-45-21-32(47-39)26-12-14-28-27(18-26)22-61-35-20-29-25(19-30(28)35)13-15-31-38(29)48-40(46-31)34-11-9-17-52(34)42(54)37(24(2)57-4)50-44(59-6)60-7/h12-15,18-21,23-24,33-34,36-37,44,50H,8-11,16-17,22H2,1-7H3,(H,45,47)(H,46,48)(H,49,55)/t23-,24-,33+,34+,36+,37?/m1/s1. The number of hydrogen-bond donors (Lipinski definition) is 4. The molecule has 6 atom stereocenters. The highest BCUT2D eigenvalue weighted by Crippen LogP contribution is 2.43. The number of hydrogen-bond acceptors (Lipinski definition) is 12. The van der Waals surface area contributed by atoms with Gasteiger partial charge in [0.2, 0.25) is 18.2 Å². The highest BCUT2D eigenvalue weighted by Gasteiger charge is 2.40. The summed E-state index contributed by atoms with van der Waals surface area (Å²) in [6.07, 6.45) is 2.48. The molecule has 3 aliphatic rings. The lowest BCUT2D eigenvalue weighted by molar-refractivity contribution is -0.155. The molecule has 324 valence electrons. The van der Waals surface area contributed by atoms with Crippen molar-refractivity contribution in [3.63, 3.8) is 0 Å². The lowest BCUT2D eigenvalue weighted by Crippen LogP contribution is -2.56. The molecule has 0 saturated carbocycles. The molecule has 17 heteroatoms. The number of nitrogens with zero attached hydrogens (tertiary/aromatic N) is 4. The molecule has 4 N–H and O–H groups in total. The number of benzene rings is 3. The maximum atomic E-state index is 14.0. The van der Waals surface area contributed by atoms with Crippen LogP contribution in [-0.4, -0.2) is 127 Å². The number of alkyl carbamates (subject to hydrolysis) is 1. The van der Waals surface area contributed by atoms with Crippen molar-refractivity contribution in [1.29, 1.82) is 0 Å². The van der Waals surface area contributed by atoms with E-state index in [1.165, 1.54) is 28.4 Å². The number of nitrogens with one attached hydrogen (secondary N) is 4. The number of ether oxygens (including phenoxy) is 6. The third kappa shape index (κ3) is 8.03. The van der Waals surface area contributed by atoms with Crippen LogP contribution in [0, 0.1) is 0 Å². The lowest BCUT2D eigenvalue weighted by Gasteiger charge is -2.32. The van der Waals surface area contributed by atoms with Crippen molar-refractivity contribution in [1.82, 2.24) is 40.4 Å². The molecular weight excluding hydrogens is 785 g/mol. The van der Waals surface area contributed by atoms with Crippen LogP contribution in [0.4, 0.5) is 4.79 Å². The number of methoxy groups -OCH3 is 5. The highest BCUT2D eigenvalue weighted by atomic mass is 16.7. The smallest absolute Gasteiger partial charge is 0.407 e. The fourth-order valence-electron chi connectivity index (χ4n) is 8.90. The van der Waals surface area contributed by atoms with E-state index < -0.39 is 36.8 Å². The van der Waals surface area contributed by atoms with Crippen LogP contribution in [0.3, 0.4) is 0 Å². The Balaban J connectivity index is 1.03. The number of aromatic nitrogens is 4. The number of fused-ring (bicyclic) bond motifs is 6. The summed E-state index contributed by atoms with van der Waals surface area (Å²) in [5.41, 5.74) is 6.59. The van der Waals surface area contributed by atoms with Crippen LogP contribution in [0.5, 0.6) is 5.75 Å². The van der Waals surface area contributed by atoms with Crippen molar-refractivity contribution in [2.24, 2.45) is 0 Å². The largest absolute Gasteiger partial charge is 0.488 e. The molecule has 17 nitrogen and oxygen atoms in total. The van der Waals surface area contributed by atoms with E-state index in [9.17, 15) is 14.4 Å². The van der Waals surface area contributed by atoms with E-state index >= 15 is 0 Å². The third-order valence-electron chi connectivity index (χ3n) is 12.4. The van der Waals surface area contributed by atoms with Crippen molar-refractivity contribution >= 4 is 39.7 Å². The second kappa shape index (κ2) is 17.8. The summed E-state index contributed by atoms with van der Waals surface area (Å²) in [6.45, 7) is 5.09. The van der Waals surface area contributed by atoms with Crippen molar-refractivity contribution in [3.8, 4) is 28.1 Å². The van der Waals surface area contributed by atoms with E-state index in [1.54, 1.807) is 25.1 Å². The Labute approximate surface area is 353 Å². The monoisotopic (exact) mass is 838 g/mol. The van der Waals surface area contributed by atoms with Gasteiger partial charge in [-0.3, -0.25) is 14.9 Å². The van der Waals surface area contributed by atoms with Gasteiger partial charge in [0, 0.05) is 52.5 Å². The predicted octanol–water partition coefficient (Wildman–Crippen LogP) is 5.32. The third-order valence-corrected chi connectivity index (χ3v) is 12.4. The molecule has 8 rings (SSSR count). The van der Waals surface area contributed by atoms with Gasteiger partial charge in [-0.1, -0.05) is 18.2 Å². The van der Waals surface area contributed by atoms with Gasteiger partial charge in [0.05, 0.1) is 54.3 Å². The maximum Gasteiger partial charge on any atom is 0.407 e. The zero-order chi connectivity index (χ0) is 42.9. The normalized spacial score (nSPS) is 19.4. The molecule has 61 heavy (non-hydrogen) atoms. The Morgan fingerprint density at radius 2 is 1.49 bits per heavy atom. The van der Waals surface area contributed by atoms with Gasteiger partial charge in [0.15, 0.2) is 0 Å². The number of carbonyl (C=O) groups is 3. The molecule has 3 amide bonds.